The molecule has 63 heavy (non-hydrogen) atoms. The number of thiophene rings is 1. The Morgan fingerprint density at radius 1 is 0.381 bits per heavy atom. The summed E-state index contributed by atoms with van der Waals surface area (Å²) < 4.78 is 60.3. The molecule has 13 rings (SSSR count). The molecule has 0 aliphatic rings. The summed E-state index contributed by atoms with van der Waals surface area (Å²) in [6, 6.07) is 57.4. The summed E-state index contributed by atoms with van der Waals surface area (Å²) in [6.07, 6.45) is 0. The van der Waals surface area contributed by atoms with Crippen molar-refractivity contribution in [1.29, 1.82) is 0 Å². The van der Waals surface area contributed by atoms with Crippen LogP contribution in [0, 0.1) is 0 Å². The number of fused-ring (bicyclic) bond motifs is 9. The number of benzene rings is 9. The van der Waals surface area contributed by atoms with Gasteiger partial charge >= 0.3 is 0 Å². The number of hydrogen-bond donors (Lipinski definition) is 0. The summed E-state index contributed by atoms with van der Waals surface area (Å²) in [5.41, 5.74) is 8.36. The van der Waals surface area contributed by atoms with E-state index in [1.807, 2.05) is 84.9 Å². The molecule has 0 aliphatic heterocycles. The standard InChI is InChI=1S/C57H35N5S/c1-3-16-36(17-4-1)55-58-56(37-30-32-51-46(34-37)42-22-9-11-26-48(42)61(51)39-18-5-2-6-19-39)60-57(59-55)38-31-33-52(62-49-27-12-7-20-40(49)41-21-8-13-28-50(41)62)47(35-38)45-25-15-24-44-43-23-10-14-29-53(43)63-54(44)45/h1-35H/i7D,8D,20D,21D,27D,28D. The Kier molecular flexibility index (Phi) is 6.75. The van der Waals surface area contributed by atoms with E-state index in [1.165, 1.54) is 12.1 Å². The molecule has 13 aromatic rings. The molecule has 294 valence electrons. The highest BCUT2D eigenvalue weighted by atomic mass is 32.1. The van der Waals surface area contributed by atoms with Gasteiger partial charge in [-0.05, 0) is 72.7 Å². The highest BCUT2D eigenvalue weighted by Crippen LogP contribution is 2.44. The fourth-order valence-corrected chi connectivity index (χ4v) is 10.3. The maximum absolute atomic E-state index is 9.31. The summed E-state index contributed by atoms with van der Waals surface area (Å²) >= 11 is 1.68. The Bertz CT molecular complexity index is 4210. The Hall–Kier alpha value is -8.19. The maximum Gasteiger partial charge on any atom is 0.164 e. The van der Waals surface area contributed by atoms with Gasteiger partial charge in [-0.1, -0.05) is 139 Å². The number of rotatable bonds is 6. The summed E-state index contributed by atoms with van der Waals surface area (Å²) in [5, 5.41) is 4.77. The van der Waals surface area contributed by atoms with Crippen molar-refractivity contribution >= 4 is 75.1 Å². The third-order valence-corrected chi connectivity index (χ3v) is 13.1. The van der Waals surface area contributed by atoms with Gasteiger partial charge in [-0.15, -0.1) is 11.3 Å². The van der Waals surface area contributed by atoms with Crippen LogP contribution in [0.1, 0.15) is 8.22 Å². The Morgan fingerprint density at radius 2 is 0.984 bits per heavy atom. The minimum absolute atomic E-state index is 0.0268. The van der Waals surface area contributed by atoms with Gasteiger partial charge < -0.3 is 9.13 Å². The van der Waals surface area contributed by atoms with E-state index in [9.17, 15) is 2.74 Å². The topological polar surface area (TPSA) is 48.5 Å². The SMILES string of the molecule is [2H]c1cc([2H])c2c(c1[2H])c1c([2H])c([2H])cc([2H])c1n2-c1ccc(-c2nc(-c3ccccc3)nc(-c3ccc4c(c3)c3ccccc3n4-c3ccccc3)n2)cc1-c1cccc2c1sc1ccccc12. The van der Waals surface area contributed by atoms with Gasteiger partial charge in [-0.25, -0.2) is 15.0 Å². The lowest BCUT2D eigenvalue weighted by molar-refractivity contribution is 1.07. The molecule has 0 N–H and O–H groups in total. The quantitative estimate of drug-likeness (QED) is 0.168. The van der Waals surface area contributed by atoms with Crippen LogP contribution in [0.25, 0.3) is 120 Å². The highest BCUT2D eigenvalue weighted by molar-refractivity contribution is 7.26. The van der Waals surface area contributed by atoms with Gasteiger partial charge in [0.05, 0.1) is 36.0 Å². The van der Waals surface area contributed by atoms with E-state index in [4.69, 9.17) is 20.4 Å². The van der Waals surface area contributed by atoms with Gasteiger partial charge in [0.2, 0.25) is 0 Å². The fourth-order valence-electron chi connectivity index (χ4n) is 9.12. The lowest BCUT2D eigenvalue weighted by Crippen LogP contribution is -2.02. The number of aromatic nitrogens is 5. The molecule has 9 aromatic carbocycles. The maximum atomic E-state index is 9.31. The van der Waals surface area contributed by atoms with Crippen LogP contribution in [0.15, 0.2) is 212 Å². The summed E-state index contributed by atoms with van der Waals surface area (Å²) in [7, 11) is 0. The molecule has 0 atom stereocenters. The van der Waals surface area contributed by atoms with Gasteiger partial charge in [-0.2, -0.15) is 0 Å². The van der Waals surface area contributed by atoms with Gasteiger partial charge in [0.1, 0.15) is 0 Å². The second-order valence-electron chi connectivity index (χ2n) is 15.5. The average Bonchev–Trinajstić information content (AvgIpc) is 4.06. The molecule has 0 unspecified atom stereocenters. The molecular weight excluding hydrogens is 787 g/mol. The molecule has 0 fully saturated rings. The van der Waals surface area contributed by atoms with Crippen molar-refractivity contribution in [3.63, 3.8) is 0 Å². The second-order valence-corrected chi connectivity index (χ2v) is 16.6. The van der Waals surface area contributed by atoms with Crippen molar-refractivity contribution in [1.82, 2.24) is 24.1 Å². The molecule has 0 amide bonds. The van der Waals surface area contributed by atoms with E-state index in [-0.39, 0.29) is 58.1 Å². The van der Waals surface area contributed by atoms with E-state index in [0.717, 1.165) is 69.9 Å². The number of para-hydroxylation sites is 4. The monoisotopic (exact) mass is 827 g/mol. The minimum atomic E-state index is -0.167. The molecule has 4 heterocycles. The van der Waals surface area contributed by atoms with Crippen LogP contribution >= 0.6 is 11.3 Å². The van der Waals surface area contributed by atoms with E-state index in [1.54, 1.807) is 15.9 Å². The van der Waals surface area contributed by atoms with Gasteiger partial charge in [0.15, 0.2) is 17.5 Å². The van der Waals surface area contributed by atoms with Gasteiger partial charge in [0, 0.05) is 75.2 Å². The third kappa shape index (κ3) is 5.66. The fraction of sp³-hybridized carbons (Fsp3) is 0. The zero-order chi connectivity index (χ0) is 46.7. The molecule has 0 aliphatic carbocycles. The van der Waals surface area contributed by atoms with E-state index in [2.05, 4.69) is 83.4 Å². The summed E-state index contributed by atoms with van der Waals surface area (Å²) in [5.74, 6) is 1.44. The van der Waals surface area contributed by atoms with Crippen LogP contribution in [0.2, 0.25) is 0 Å². The lowest BCUT2D eigenvalue weighted by Gasteiger charge is -2.17. The Balaban J connectivity index is 1.09. The molecule has 0 spiro atoms. The van der Waals surface area contributed by atoms with E-state index in [0.29, 0.717) is 28.7 Å². The Morgan fingerprint density at radius 3 is 1.75 bits per heavy atom. The highest BCUT2D eigenvalue weighted by Gasteiger charge is 2.21. The van der Waals surface area contributed by atoms with Gasteiger partial charge in [0.25, 0.3) is 0 Å². The molecule has 6 heteroatoms. The smallest absolute Gasteiger partial charge is 0.164 e. The molecule has 0 bridgehead atoms. The predicted molar refractivity (Wildman–Crippen MR) is 263 cm³/mol. The summed E-state index contributed by atoms with van der Waals surface area (Å²) in [6.45, 7) is 0. The van der Waals surface area contributed by atoms with Crippen molar-refractivity contribution in [2.45, 2.75) is 0 Å². The van der Waals surface area contributed by atoms with E-state index >= 15 is 0 Å². The first-order chi connectivity index (χ1) is 33.7. The third-order valence-electron chi connectivity index (χ3n) is 11.9. The minimum Gasteiger partial charge on any atom is -0.309 e. The molecular formula is C57H35N5S. The molecule has 4 aromatic heterocycles. The molecule has 5 nitrogen and oxygen atoms in total. The van der Waals surface area contributed by atoms with Crippen molar-refractivity contribution in [3.05, 3.63) is 212 Å². The zero-order valence-electron chi connectivity index (χ0n) is 39.4. The van der Waals surface area contributed by atoms with Crippen molar-refractivity contribution < 1.29 is 8.22 Å². The van der Waals surface area contributed by atoms with E-state index < -0.39 is 0 Å². The average molecular weight is 828 g/mol. The van der Waals surface area contributed by atoms with Crippen LogP contribution < -0.4 is 0 Å². The molecule has 0 radical (unpaired) electrons. The van der Waals surface area contributed by atoms with Crippen LogP contribution in [0.5, 0.6) is 0 Å². The van der Waals surface area contributed by atoms with Crippen LogP contribution in [-0.2, 0) is 0 Å². The lowest BCUT2D eigenvalue weighted by atomic mass is 9.98. The van der Waals surface area contributed by atoms with Crippen LogP contribution in [0.4, 0.5) is 0 Å². The normalized spacial score (nSPS) is 13.1. The van der Waals surface area contributed by atoms with Crippen molar-refractivity contribution in [3.8, 4) is 56.7 Å². The first kappa shape index (κ1) is 29.9. The Labute approximate surface area is 374 Å². The second kappa shape index (κ2) is 14.2. The molecule has 0 saturated heterocycles. The number of nitrogens with zero attached hydrogens (tertiary/aromatic N) is 5. The first-order valence-corrected chi connectivity index (χ1v) is 21.5. The summed E-state index contributed by atoms with van der Waals surface area (Å²) in [4.78, 5) is 15.6. The van der Waals surface area contributed by atoms with Crippen molar-refractivity contribution in [2.24, 2.45) is 0 Å². The first-order valence-electron chi connectivity index (χ1n) is 23.7. The van der Waals surface area contributed by atoms with Gasteiger partial charge in [-0.3, -0.25) is 0 Å². The van der Waals surface area contributed by atoms with Crippen LogP contribution in [0.3, 0.4) is 0 Å². The number of hydrogen-bond acceptors (Lipinski definition) is 4. The predicted octanol–water partition coefficient (Wildman–Crippen LogP) is 15.1. The molecule has 0 saturated carbocycles. The van der Waals surface area contributed by atoms with Crippen LogP contribution in [-0.4, -0.2) is 24.1 Å². The zero-order valence-corrected chi connectivity index (χ0v) is 34.2. The van der Waals surface area contributed by atoms with Crippen molar-refractivity contribution in [2.75, 3.05) is 0 Å². The largest absolute Gasteiger partial charge is 0.309 e.